The van der Waals surface area contributed by atoms with Crippen LogP contribution in [0.3, 0.4) is 0 Å². The molecular formula is C18H16Cl2FN3O2S. The number of hydrogen-bond acceptors (Lipinski definition) is 4. The molecule has 142 valence electrons. The van der Waals surface area contributed by atoms with Crippen molar-refractivity contribution in [1.82, 2.24) is 9.97 Å². The summed E-state index contributed by atoms with van der Waals surface area (Å²) in [5, 5.41) is 0.439. The van der Waals surface area contributed by atoms with Gasteiger partial charge >= 0.3 is 0 Å². The fourth-order valence-corrected chi connectivity index (χ4v) is 3.65. The highest BCUT2D eigenvalue weighted by atomic mass is 35.5. The average Bonchev–Trinajstić information content (AvgIpc) is 3.08. The van der Waals surface area contributed by atoms with Crippen molar-refractivity contribution < 1.29 is 12.8 Å². The van der Waals surface area contributed by atoms with Crippen LogP contribution in [-0.2, 0) is 9.84 Å². The van der Waals surface area contributed by atoms with Gasteiger partial charge in [0, 0.05) is 30.2 Å². The van der Waals surface area contributed by atoms with Gasteiger partial charge in [-0.2, -0.15) is 0 Å². The van der Waals surface area contributed by atoms with Gasteiger partial charge in [-0.1, -0.05) is 35.3 Å². The minimum absolute atomic E-state index is 0.0353. The molecule has 1 heterocycles. The molecule has 1 unspecified atom stereocenters. The smallest absolute Gasteiger partial charge is 0.194 e. The quantitative estimate of drug-likeness (QED) is 0.651. The van der Waals surface area contributed by atoms with Crippen LogP contribution in [0.25, 0.3) is 0 Å². The van der Waals surface area contributed by atoms with Gasteiger partial charge in [0.2, 0.25) is 0 Å². The third kappa shape index (κ3) is 4.26. The summed E-state index contributed by atoms with van der Waals surface area (Å²) in [7, 11) is -1.68. The van der Waals surface area contributed by atoms with Gasteiger partial charge in [-0.05, 0) is 35.9 Å². The first kappa shape index (κ1) is 19.7. The van der Waals surface area contributed by atoms with E-state index in [0.717, 1.165) is 11.9 Å². The maximum Gasteiger partial charge on any atom is 0.194 e. The van der Waals surface area contributed by atoms with E-state index < -0.39 is 21.7 Å². The van der Waals surface area contributed by atoms with Crippen molar-refractivity contribution in [2.45, 2.75) is 11.1 Å². The van der Waals surface area contributed by atoms with Crippen LogP contribution >= 0.6 is 23.2 Å². The molecular weight excluding hydrogens is 412 g/mol. The van der Waals surface area contributed by atoms with Crippen molar-refractivity contribution in [2.75, 3.05) is 18.2 Å². The van der Waals surface area contributed by atoms with Crippen LogP contribution in [-0.4, -0.2) is 31.7 Å². The number of halogens is 3. The number of rotatable bonds is 5. The third-order valence-electron chi connectivity index (χ3n) is 4.08. The van der Waals surface area contributed by atoms with Crippen LogP contribution in [0.4, 0.5) is 10.1 Å². The van der Waals surface area contributed by atoms with Gasteiger partial charge in [0.1, 0.15) is 17.7 Å². The SMILES string of the molecule is CN(c1cccc(Cl)c1)C(c1ccc(F)c(Cl)c1)c1nc(S(C)(=O)=O)c[nH]1. The summed E-state index contributed by atoms with van der Waals surface area (Å²) in [5.74, 6) is -0.165. The Hall–Kier alpha value is -2.09. The Morgan fingerprint density at radius 3 is 2.52 bits per heavy atom. The Labute approximate surface area is 166 Å². The second-order valence-corrected chi connectivity index (χ2v) is 8.87. The van der Waals surface area contributed by atoms with E-state index in [1.54, 1.807) is 31.3 Å². The molecule has 0 aliphatic heterocycles. The predicted molar refractivity (Wildman–Crippen MR) is 105 cm³/mol. The normalized spacial score (nSPS) is 12.8. The van der Waals surface area contributed by atoms with Gasteiger partial charge in [-0.15, -0.1) is 0 Å². The number of nitrogens with zero attached hydrogens (tertiary/aromatic N) is 2. The lowest BCUT2D eigenvalue weighted by Crippen LogP contribution is -2.26. The van der Waals surface area contributed by atoms with E-state index in [0.29, 0.717) is 16.4 Å². The summed E-state index contributed by atoms with van der Waals surface area (Å²) in [6, 6.07) is 10.9. The Morgan fingerprint density at radius 2 is 1.93 bits per heavy atom. The number of nitrogens with one attached hydrogen (secondary N) is 1. The largest absolute Gasteiger partial charge is 0.360 e. The highest BCUT2D eigenvalue weighted by Crippen LogP contribution is 2.33. The van der Waals surface area contributed by atoms with Crippen LogP contribution < -0.4 is 4.90 Å². The van der Waals surface area contributed by atoms with Crippen molar-refractivity contribution in [2.24, 2.45) is 0 Å². The molecule has 0 aliphatic carbocycles. The fourth-order valence-electron chi connectivity index (χ4n) is 2.74. The molecule has 3 rings (SSSR count). The second kappa shape index (κ2) is 7.50. The topological polar surface area (TPSA) is 66.1 Å². The number of anilines is 1. The molecule has 0 amide bonds. The van der Waals surface area contributed by atoms with E-state index in [2.05, 4.69) is 9.97 Å². The standard InChI is InChI=1S/C18H16Cl2FN3O2S/c1-24(13-5-3-4-12(19)9-13)17(11-6-7-15(21)14(20)8-11)18-22-10-16(23-18)27(2,25)26/h3-10,17H,1-2H3,(H,22,23). The Balaban J connectivity index is 2.14. The molecule has 0 saturated heterocycles. The molecule has 3 aromatic rings. The first-order valence-corrected chi connectivity index (χ1v) is 10.5. The minimum atomic E-state index is -3.48. The van der Waals surface area contributed by atoms with Crippen LogP contribution in [0.15, 0.2) is 53.7 Å². The van der Waals surface area contributed by atoms with Crippen LogP contribution in [0, 0.1) is 5.82 Å². The summed E-state index contributed by atoms with van der Waals surface area (Å²) in [4.78, 5) is 8.98. The van der Waals surface area contributed by atoms with Gasteiger partial charge < -0.3 is 9.88 Å². The lowest BCUT2D eigenvalue weighted by atomic mass is 10.0. The zero-order valence-corrected chi connectivity index (χ0v) is 16.8. The summed E-state index contributed by atoms with van der Waals surface area (Å²) in [5.41, 5.74) is 1.41. The van der Waals surface area contributed by atoms with Crippen molar-refractivity contribution >= 4 is 38.7 Å². The number of sulfone groups is 1. The van der Waals surface area contributed by atoms with E-state index in [-0.39, 0.29) is 10.0 Å². The Kier molecular flexibility index (Phi) is 5.46. The van der Waals surface area contributed by atoms with Crippen molar-refractivity contribution in [1.29, 1.82) is 0 Å². The Morgan fingerprint density at radius 1 is 1.19 bits per heavy atom. The molecule has 0 saturated carbocycles. The van der Waals surface area contributed by atoms with E-state index in [1.165, 1.54) is 18.3 Å². The molecule has 2 aromatic carbocycles. The summed E-state index contributed by atoms with van der Waals surface area (Å²) < 4.78 is 37.2. The number of aromatic amines is 1. The number of imidazole rings is 1. The highest BCUT2D eigenvalue weighted by molar-refractivity contribution is 7.90. The molecule has 1 atom stereocenters. The molecule has 0 radical (unpaired) electrons. The summed E-state index contributed by atoms with van der Waals surface area (Å²) in [6.45, 7) is 0. The van der Waals surface area contributed by atoms with Crippen molar-refractivity contribution in [3.05, 3.63) is 75.9 Å². The van der Waals surface area contributed by atoms with Crippen molar-refractivity contribution in [3.63, 3.8) is 0 Å². The fraction of sp³-hybridized carbons (Fsp3) is 0.167. The van der Waals surface area contributed by atoms with Gasteiger partial charge in [0.15, 0.2) is 14.9 Å². The summed E-state index contributed by atoms with van der Waals surface area (Å²) in [6.07, 6.45) is 2.41. The van der Waals surface area contributed by atoms with Crippen molar-refractivity contribution in [3.8, 4) is 0 Å². The van der Waals surface area contributed by atoms with E-state index >= 15 is 0 Å². The molecule has 5 nitrogen and oxygen atoms in total. The zero-order chi connectivity index (χ0) is 19.8. The van der Waals surface area contributed by atoms with Crippen LogP contribution in [0.2, 0.25) is 10.0 Å². The number of aromatic nitrogens is 2. The minimum Gasteiger partial charge on any atom is -0.360 e. The molecule has 0 bridgehead atoms. The molecule has 1 aromatic heterocycles. The van der Waals surface area contributed by atoms with Gasteiger partial charge in [-0.25, -0.2) is 17.8 Å². The maximum atomic E-state index is 13.6. The predicted octanol–water partition coefficient (Wildman–Crippen LogP) is 4.48. The molecule has 27 heavy (non-hydrogen) atoms. The lowest BCUT2D eigenvalue weighted by molar-refractivity contribution is 0.598. The number of H-pyrrole nitrogens is 1. The first-order chi connectivity index (χ1) is 12.7. The number of hydrogen-bond donors (Lipinski definition) is 1. The maximum absolute atomic E-state index is 13.6. The van der Waals surface area contributed by atoms with Crippen LogP contribution in [0.5, 0.6) is 0 Å². The molecule has 9 heteroatoms. The number of benzene rings is 2. The van der Waals surface area contributed by atoms with E-state index in [4.69, 9.17) is 23.2 Å². The first-order valence-electron chi connectivity index (χ1n) is 7.85. The molecule has 1 N–H and O–H groups in total. The summed E-state index contributed by atoms with van der Waals surface area (Å²) >= 11 is 12.1. The Bertz CT molecular complexity index is 1090. The highest BCUT2D eigenvalue weighted by Gasteiger charge is 2.25. The second-order valence-electron chi connectivity index (χ2n) is 6.06. The molecule has 0 fully saturated rings. The average molecular weight is 428 g/mol. The monoisotopic (exact) mass is 427 g/mol. The molecule has 0 spiro atoms. The zero-order valence-electron chi connectivity index (χ0n) is 14.4. The lowest BCUT2D eigenvalue weighted by Gasteiger charge is -2.29. The van der Waals surface area contributed by atoms with Gasteiger partial charge in [-0.3, -0.25) is 0 Å². The van der Waals surface area contributed by atoms with Crippen LogP contribution in [0.1, 0.15) is 17.4 Å². The molecule has 0 aliphatic rings. The van der Waals surface area contributed by atoms with Gasteiger partial charge in [0.05, 0.1) is 5.02 Å². The van der Waals surface area contributed by atoms with E-state index in [1.807, 2.05) is 11.0 Å². The van der Waals surface area contributed by atoms with Gasteiger partial charge in [0.25, 0.3) is 0 Å². The third-order valence-corrected chi connectivity index (χ3v) is 5.57. The van der Waals surface area contributed by atoms with E-state index in [9.17, 15) is 12.8 Å².